The van der Waals surface area contributed by atoms with Crippen LogP contribution < -0.4 is 0 Å². The molecule has 0 aromatic carbocycles. The molecule has 2 rings (SSSR count). The fourth-order valence-electron chi connectivity index (χ4n) is 2.30. The number of methoxy groups -OCH3 is 1. The van der Waals surface area contributed by atoms with Crippen LogP contribution >= 0.6 is 0 Å². The molecule has 2 aliphatic rings. The first-order chi connectivity index (χ1) is 10.0. The largest absolute Gasteiger partial charge is 0.469 e. The van der Waals surface area contributed by atoms with Gasteiger partial charge in [0, 0.05) is 33.0 Å². The summed E-state index contributed by atoms with van der Waals surface area (Å²) in [5.41, 5.74) is 0.371. The predicted molar refractivity (Wildman–Crippen MR) is 72.4 cm³/mol. The second-order valence-electron chi connectivity index (χ2n) is 4.99. The van der Waals surface area contributed by atoms with Gasteiger partial charge in [-0.2, -0.15) is 5.10 Å². The van der Waals surface area contributed by atoms with Gasteiger partial charge in [-0.25, -0.2) is 5.01 Å². The van der Waals surface area contributed by atoms with E-state index in [0.717, 1.165) is 0 Å². The van der Waals surface area contributed by atoms with E-state index >= 15 is 0 Å². The number of esters is 1. The normalized spacial score (nSPS) is 22.9. The zero-order chi connectivity index (χ0) is 15.4. The number of ether oxygens (including phenoxy) is 2. The predicted octanol–water partition coefficient (Wildman–Crippen LogP) is -0.615. The van der Waals surface area contributed by atoms with Gasteiger partial charge in [-0.1, -0.05) is 0 Å². The summed E-state index contributed by atoms with van der Waals surface area (Å²) in [6.07, 6.45) is 0.391. The highest BCUT2D eigenvalue weighted by atomic mass is 16.5. The highest BCUT2D eigenvalue weighted by molar-refractivity contribution is 6.39. The van der Waals surface area contributed by atoms with Crippen LogP contribution in [0.3, 0.4) is 0 Å². The van der Waals surface area contributed by atoms with Crippen molar-refractivity contribution < 1.29 is 23.9 Å². The van der Waals surface area contributed by atoms with Crippen LogP contribution in [0.4, 0.5) is 0 Å². The van der Waals surface area contributed by atoms with Crippen LogP contribution in [0.1, 0.15) is 19.3 Å². The van der Waals surface area contributed by atoms with Gasteiger partial charge in [0.25, 0.3) is 5.91 Å². The fourth-order valence-corrected chi connectivity index (χ4v) is 2.30. The molecule has 2 heterocycles. The van der Waals surface area contributed by atoms with Gasteiger partial charge in [0.05, 0.1) is 26.2 Å². The summed E-state index contributed by atoms with van der Waals surface area (Å²) in [6.45, 7) is 1.15. The average Bonchev–Trinajstić information content (AvgIpc) is 2.49. The molecule has 0 radical (unpaired) electrons. The smallest absolute Gasteiger partial charge is 0.308 e. The van der Waals surface area contributed by atoms with E-state index in [2.05, 4.69) is 9.84 Å². The van der Waals surface area contributed by atoms with Crippen LogP contribution in [0.5, 0.6) is 0 Å². The van der Waals surface area contributed by atoms with Gasteiger partial charge < -0.3 is 14.4 Å². The molecule has 2 amide bonds. The van der Waals surface area contributed by atoms with Gasteiger partial charge in [-0.3, -0.25) is 14.4 Å². The minimum absolute atomic E-state index is 0.0999. The molecule has 21 heavy (non-hydrogen) atoms. The zero-order valence-electron chi connectivity index (χ0n) is 12.2. The molecule has 1 saturated heterocycles. The molecule has 116 valence electrons. The van der Waals surface area contributed by atoms with E-state index in [1.165, 1.54) is 19.2 Å². The second-order valence-corrected chi connectivity index (χ2v) is 4.99. The Morgan fingerprint density at radius 3 is 2.86 bits per heavy atom. The molecule has 2 aliphatic heterocycles. The minimum Gasteiger partial charge on any atom is -0.469 e. The van der Waals surface area contributed by atoms with Crippen molar-refractivity contribution in [2.75, 3.05) is 33.9 Å². The highest BCUT2D eigenvalue weighted by Gasteiger charge is 2.30. The molecule has 1 fully saturated rings. The van der Waals surface area contributed by atoms with Gasteiger partial charge in [-0.15, -0.1) is 0 Å². The van der Waals surface area contributed by atoms with Crippen LogP contribution in [0.2, 0.25) is 0 Å². The maximum absolute atomic E-state index is 12.4. The number of hydrogen-bond acceptors (Lipinski definition) is 6. The van der Waals surface area contributed by atoms with E-state index in [9.17, 15) is 14.4 Å². The minimum atomic E-state index is -0.366. The van der Waals surface area contributed by atoms with E-state index in [-0.39, 0.29) is 36.7 Å². The van der Waals surface area contributed by atoms with E-state index in [4.69, 9.17) is 4.74 Å². The van der Waals surface area contributed by atoms with Crippen molar-refractivity contribution >= 4 is 23.5 Å². The molecular formula is C13H19N3O5. The van der Waals surface area contributed by atoms with E-state index in [1.807, 2.05) is 0 Å². The second kappa shape index (κ2) is 6.66. The van der Waals surface area contributed by atoms with Gasteiger partial charge in [0.2, 0.25) is 5.91 Å². The van der Waals surface area contributed by atoms with Crippen molar-refractivity contribution in [1.29, 1.82) is 0 Å². The first-order valence-corrected chi connectivity index (χ1v) is 6.83. The first kappa shape index (κ1) is 15.4. The molecule has 0 bridgehead atoms. The van der Waals surface area contributed by atoms with Crippen LogP contribution in [0.25, 0.3) is 0 Å². The molecule has 8 heteroatoms. The van der Waals surface area contributed by atoms with Gasteiger partial charge in [0.15, 0.2) is 0 Å². The Morgan fingerprint density at radius 1 is 1.43 bits per heavy atom. The Labute approximate surface area is 122 Å². The number of nitrogens with zero attached hydrogens (tertiary/aromatic N) is 3. The Balaban J connectivity index is 1.97. The number of amides is 2. The lowest BCUT2D eigenvalue weighted by molar-refractivity contribution is -0.148. The Morgan fingerprint density at radius 2 is 2.19 bits per heavy atom. The fraction of sp³-hybridized carbons (Fsp3) is 0.692. The molecule has 0 saturated carbocycles. The number of carbonyl (C=O) groups excluding carboxylic acids is 3. The molecule has 0 aromatic rings. The van der Waals surface area contributed by atoms with Gasteiger partial charge >= 0.3 is 5.97 Å². The molecule has 0 aliphatic carbocycles. The van der Waals surface area contributed by atoms with E-state index in [0.29, 0.717) is 31.8 Å². The van der Waals surface area contributed by atoms with Crippen LogP contribution in [-0.4, -0.2) is 73.4 Å². The van der Waals surface area contributed by atoms with Crippen molar-refractivity contribution in [3.05, 3.63) is 0 Å². The van der Waals surface area contributed by atoms with Crippen molar-refractivity contribution in [2.24, 2.45) is 5.10 Å². The average molecular weight is 297 g/mol. The maximum atomic E-state index is 12.4. The third-order valence-corrected chi connectivity index (χ3v) is 3.50. The third-order valence-electron chi connectivity index (χ3n) is 3.50. The Hall–Kier alpha value is -1.96. The summed E-state index contributed by atoms with van der Waals surface area (Å²) in [5.74, 6) is -0.667. The summed E-state index contributed by atoms with van der Waals surface area (Å²) >= 11 is 0. The van der Waals surface area contributed by atoms with Crippen LogP contribution in [0, 0.1) is 0 Å². The molecule has 0 N–H and O–H groups in total. The quantitative estimate of drug-likeness (QED) is 0.648. The molecule has 1 atom stereocenters. The monoisotopic (exact) mass is 297 g/mol. The van der Waals surface area contributed by atoms with Gasteiger partial charge in [-0.05, 0) is 0 Å². The third kappa shape index (κ3) is 3.78. The topological polar surface area (TPSA) is 88.5 Å². The van der Waals surface area contributed by atoms with Crippen molar-refractivity contribution in [3.8, 4) is 0 Å². The van der Waals surface area contributed by atoms with Gasteiger partial charge in [0.1, 0.15) is 5.71 Å². The highest BCUT2D eigenvalue weighted by Crippen LogP contribution is 2.14. The molecule has 1 unspecified atom stereocenters. The Kier molecular flexibility index (Phi) is 4.89. The number of rotatable bonds is 3. The van der Waals surface area contributed by atoms with E-state index < -0.39 is 0 Å². The summed E-state index contributed by atoms with van der Waals surface area (Å²) < 4.78 is 10.1. The summed E-state index contributed by atoms with van der Waals surface area (Å²) in [4.78, 5) is 36.6. The number of hydrazone groups is 1. The maximum Gasteiger partial charge on any atom is 0.308 e. The zero-order valence-corrected chi connectivity index (χ0v) is 12.2. The molecule has 0 spiro atoms. The first-order valence-electron chi connectivity index (χ1n) is 6.83. The van der Waals surface area contributed by atoms with Crippen molar-refractivity contribution in [3.63, 3.8) is 0 Å². The number of morpholine rings is 1. The SMILES string of the molecule is COC(=O)CC1CN(C(=O)C2=NN(C)C(=O)CC2)CCO1. The number of carbonyl (C=O) groups is 3. The standard InChI is InChI=1S/C13H19N3O5/c1-15-11(17)4-3-10(14-15)13(19)16-5-6-21-9(8-16)7-12(18)20-2/h9H,3-8H2,1-2H3. The van der Waals surface area contributed by atoms with Crippen LogP contribution in [-0.2, 0) is 23.9 Å². The Bertz CT molecular complexity index is 476. The summed E-state index contributed by atoms with van der Waals surface area (Å²) in [7, 11) is 2.85. The van der Waals surface area contributed by atoms with Crippen LogP contribution in [0.15, 0.2) is 5.10 Å². The lowest BCUT2D eigenvalue weighted by Gasteiger charge is -2.33. The van der Waals surface area contributed by atoms with Crippen molar-refractivity contribution in [1.82, 2.24) is 9.91 Å². The lowest BCUT2D eigenvalue weighted by atomic mass is 10.1. The van der Waals surface area contributed by atoms with Crippen molar-refractivity contribution in [2.45, 2.75) is 25.4 Å². The molecule has 0 aromatic heterocycles. The lowest BCUT2D eigenvalue weighted by Crippen LogP contribution is -2.49. The number of hydrogen-bond donors (Lipinski definition) is 0. The molecular weight excluding hydrogens is 278 g/mol. The summed E-state index contributed by atoms with van der Waals surface area (Å²) in [6, 6.07) is 0. The molecule has 8 nitrogen and oxygen atoms in total. The van der Waals surface area contributed by atoms with E-state index in [1.54, 1.807) is 4.90 Å². The summed E-state index contributed by atoms with van der Waals surface area (Å²) in [5, 5.41) is 5.21.